The van der Waals surface area contributed by atoms with Crippen LogP contribution in [0.2, 0.25) is 0 Å². The van der Waals surface area contributed by atoms with Gasteiger partial charge in [0.05, 0.1) is 36.2 Å². The van der Waals surface area contributed by atoms with E-state index in [1.165, 1.54) is 13.1 Å². The number of fused-ring (bicyclic) bond motifs is 1. The molecule has 7 nitrogen and oxygen atoms in total. The van der Waals surface area contributed by atoms with E-state index in [1.54, 1.807) is 19.2 Å². The van der Waals surface area contributed by atoms with Crippen molar-refractivity contribution in [2.24, 2.45) is 0 Å². The Hall–Kier alpha value is -3.79. The molecule has 142 valence electrons. The average molecular weight is 376 g/mol. The molecule has 1 amide bonds. The third-order valence-corrected chi connectivity index (χ3v) is 4.04. The lowest BCUT2D eigenvalue weighted by atomic mass is 10.1. The Balaban J connectivity index is 2.18. The molecule has 1 heterocycles. The summed E-state index contributed by atoms with van der Waals surface area (Å²) in [4.78, 5) is 16.0. The predicted molar refractivity (Wildman–Crippen MR) is 108 cm³/mol. The Kier molecular flexibility index (Phi) is 5.61. The fraction of sp³-hybridized carbons (Fsp3) is 0.190. The van der Waals surface area contributed by atoms with Gasteiger partial charge in [-0.2, -0.15) is 5.26 Å². The first-order valence-electron chi connectivity index (χ1n) is 8.74. The lowest BCUT2D eigenvalue weighted by molar-refractivity contribution is -0.114. The van der Waals surface area contributed by atoms with Gasteiger partial charge >= 0.3 is 0 Å². The Morgan fingerprint density at radius 3 is 2.79 bits per heavy atom. The van der Waals surface area contributed by atoms with Gasteiger partial charge in [0.2, 0.25) is 5.91 Å². The summed E-state index contributed by atoms with van der Waals surface area (Å²) in [5, 5.41) is 16.3. The Morgan fingerprint density at radius 1 is 1.29 bits per heavy atom. The molecule has 3 aromatic rings. The van der Waals surface area contributed by atoms with Crippen molar-refractivity contribution in [1.29, 1.82) is 5.26 Å². The quantitative estimate of drug-likeness (QED) is 0.669. The minimum Gasteiger partial charge on any atom is -0.497 e. The highest BCUT2D eigenvalue weighted by atomic mass is 16.5. The SMILES string of the molecule is CCOc1cc2ncc(C#N)c(Nc3cccc(OC)c3)c2cc1NC(C)=O. The van der Waals surface area contributed by atoms with Crippen molar-refractivity contribution in [1.82, 2.24) is 4.98 Å². The first-order chi connectivity index (χ1) is 13.5. The number of rotatable bonds is 6. The number of methoxy groups -OCH3 is 1. The van der Waals surface area contributed by atoms with E-state index < -0.39 is 0 Å². The molecule has 0 aliphatic carbocycles. The average Bonchev–Trinajstić information content (AvgIpc) is 2.69. The molecule has 0 bridgehead atoms. The molecule has 2 N–H and O–H groups in total. The van der Waals surface area contributed by atoms with Gasteiger partial charge in [-0.3, -0.25) is 9.78 Å². The highest BCUT2D eigenvalue weighted by Gasteiger charge is 2.15. The summed E-state index contributed by atoms with van der Waals surface area (Å²) in [5.74, 6) is 1.00. The lowest BCUT2D eigenvalue weighted by Crippen LogP contribution is -2.08. The second-order valence-corrected chi connectivity index (χ2v) is 6.00. The zero-order valence-corrected chi connectivity index (χ0v) is 15.9. The fourth-order valence-electron chi connectivity index (χ4n) is 2.85. The van der Waals surface area contributed by atoms with Crippen molar-refractivity contribution in [3.8, 4) is 17.6 Å². The summed E-state index contributed by atoms with van der Waals surface area (Å²) >= 11 is 0. The number of nitrogens with zero attached hydrogens (tertiary/aromatic N) is 2. The molecule has 0 unspecified atom stereocenters. The van der Waals surface area contributed by atoms with Crippen molar-refractivity contribution < 1.29 is 14.3 Å². The fourth-order valence-corrected chi connectivity index (χ4v) is 2.85. The van der Waals surface area contributed by atoms with Crippen LogP contribution in [0.4, 0.5) is 17.1 Å². The van der Waals surface area contributed by atoms with Crippen LogP contribution >= 0.6 is 0 Å². The summed E-state index contributed by atoms with van der Waals surface area (Å²) in [6.07, 6.45) is 1.51. The van der Waals surface area contributed by atoms with Crippen molar-refractivity contribution in [3.05, 3.63) is 48.2 Å². The molecule has 1 aromatic heterocycles. The molecule has 0 fully saturated rings. The number of anilines is 3. The van der Waals surface area contributed by atoms with E-state index in [-0.39, 0.29) is 5.91 Å². The molecule has 28 heavy (non-hydrogen) atoms. The second-order valence-electron chi connectivity index (χ2n) is 6.00. The van der Waals surface area contributed by atoms with Crippen LogP contribution in [0.3, 0.4) is 0 Å². The van der Waals surface area contributed by atoms with Gasteiger partial charge in [-0.15, -0.1) is 0 Å². The second kappa shape index (κ2) is 8.27. The number of amides is 1. The van der Waals surface area contributed by atoms with E-state index in [2.05, 4.69) is 21.7 Å². The number of carbonyl (C=O) groups excluding carboxylic acids is 1. The van der Waals surface area contributed by atoms with E-state index in [4.69, 9.17) is 9.47 Å². The zero-order valence-electron chi connectivity index (χ0n) is 15.9. The van der Waals surface area contributed by atoms with Crippen LogP contribution in [0.25, 0.3) is 10.9 Å². The van der Waals surface area contributed by atoms with Gasteiger partial charge in [0, 0.05) is 36.3 Å². The maximum Gasteiger partial charge on any atom is 0.221 e. The minimum absolute atomic E-state index is 0.216. The van der Waals surface area contributed by atoms with Crippen LogP contribution in [0.5, 0.6) is 11.5 Å². The summed E-state index contributed by atoms with van der Waals surface area (Å²) < 4.78 is 10.9. The Labute approximate surface area is 162 Å². The number of nitrogens with one attached hydrogen (secondary N) is 2. The summed E-state index contributed by atoms with van der Waals surface area (Å²) in [7, 11) is 1.59. The Bertz CT molecular complexity index is 1070. The standard InChI is InChI=1S/C21H20N4O3/c1-4-28-20-10-18-17(9-19(20)24-13(2)26)21(14(11-22)12-23-18)25-15-6-5-7-16(8-15)27-3/h5-10,12H,4H2,1-3H3,(H,23,25)(H,24,26). The number of hydrogen-bond donors (Lipinski definition) is 2. The van der Waals surface area contributed by atoms with Crippen LogP contribution < -0.4 is 20.1 Å². The minimum atomic E-state index is -0.216. The number of carbonyl (C=O) groups is 1. The van der Waals surface area contributed by atoms with Gasteiger partial charge in [-0.05, 0) is 25.1 Å². The normalized spacial score (nSPS) is 10.2. The van der Waals surface area contributed by atoms with Gasteiger partial charge < -0.3 is 20.1 Å². The molecule has 0 saturated heterocycles. The van der Waals surface area contributed by atoms with Gasteiger partial charge in [0.25, 0.3) is 0 Å². The topological polar surface area (TPSA) is 96.3 Å². The zero-order chi connectivity index (χ0) is 20.1. The van der Waals surface area contributed by atoms with E-state index >= 15 is 0 Å². The van der Waals surface area contributed by atoms with Gasteiger partial charge in [0.15, 0.2) is 0 Å². The van der Waals surface area contributed by atoms with E-state index in [1.807, 2.05) is 31.2 Å². The van der Waals surface area contributed by atoms with Crippen molar-refractivity contribution in [3.63, 3.8) is 0 Å². The van der Waals surface area contributed by atoms with Gasteiger partial charge in [-0.1, -0.05) is 6.07 Å². The number of ether oxygens (including phenoxy) is 2. The number of hydrogen-bond acceptors (Lipinski definition) is 6. The maximum absolute atomic E-state index is 11.6. The molecule has 0 aliphatic heterocycles. The third-order valence-electron chi connectivity index (χ3n) is 4.04. The van der Waals surface area contributed by atoms with Gasteiger partial charge in [0.1, 0.15) is 17.6 Å². The van der Waals surface area contributed by atoms with Crippen LogP contribution in [-0.4, -0.2) is 24.6 Å². The summed E-state index contributed by atoms with van der Waals surface area (Å²) in [6.45, 7) is 3.74. The highest BCUT2D eigenvalue weighted by Crippen LogP contribution is 2.36. The van der Waals surface area contributed by atoms with Gasteiger partial charge in [-0.25, -0.2) is 0 Å². The van der Waals surface area contributed by atoms with Crippen LogP contribution in [0.1, 0.15) is 19.4 Å². The smallest absolute Gasteiger partial charge is 0.221 e. The lowest BCUT2D eigenvalue weighted by Gasteiger charge is -2.16. The Morgan fingerprint density at radius 2 is 2.11 bits per heavy atom. The largest absolute Gasteiger partial charge is 0.497 e. The molecular weight excluding hydrogens is 356 g/mol. The molecule has 0 aliphatic rings. The first kappa shape index (κ1) is 19.0. The molecule has 0 saturated carbocycles. The molecule has 3 rings (SSSR count). The molecular formula is C21H20N4O3. The van der Waals surface area contributed by atoms with Crippen molar-refractivity contribution >= 4 is 33.9 Å². The molecule has 2 aromatic carbocycles. The monoisotopic (exact) mass is 376 g/mol. The van der Waals surface area contributed by atoms with E-state index in [9.17, 15) is 10.1 Å². The van der Waals surface area contributed by atoms with Crippen LogP contribution in [-0.2, 0) is 4.79 Å². The highest BCUT2D eigenvalue weighted by molar-refractivity contribution is 6.01. The molecule has 7 heteroatoms. The molecule has 0 atom stereocenters. The number of pyridine rings is 1. The summed E-state index contributed by atoms with van der Waals surface area (Å²) in [5.41, 5.74) is 2.90. The van der Waals surface area contributed by atoms with Crippen molar-refractivity contribution in [2.75, 3.05) is 24.4 Å². The molecule has 0 spiro atoms. The van der Waals surface area contributed by atoms with Crippen LogP contribution in [0, 0.1) is 11.3 Å². The van der Waals surface area contributed by atoms with E-state index in [0.717, 1.165) is 5.69 Å². The predicted octanol–water partition coefficient (Wildman–Crippen LogP) is 4.22. The third kappa shape index (κ3) is 3.96. The van der Waals surface area contributed by atoms with Crippen molar-refractivity contribution in [2.45, 2.75) is 13.8 Å². The maximum atomic E-state index is 11.6. The van der Waals surface area contributed by atoms with E-state index in [0.29, 0.717) is 45.9 Å². The van der Waals surface area contributed by atoms with Crippen LogP contribution in [0.15, 0.2) is 42.6 Å². The molecule has 0 radical (unpaired) electrons. The number of aromatic nitrogens is 1. The number of benzene rings is 2. The summed E-state index contributed by atoms with van der Waals surface area (Å²) in [6, 6.07) is 13.1. The first-order valence-corrected chi connectivity index (χ1v) is 8.74. The number of nitriles is 1.